The Morgan fingerprint density at radius 3 is 2.65 bits per heavy atom. The third kappa shape index (κ3) is 3.27. The summed E-state index contributed by atoms with van der Waals surface area (Å²) in [6.07, 6.45) is 2.79. The van der Waals surface area contributed by atoms with Crippen LogP contribution in [-0.4, -0.2) is 41.0 Å². The first-order valence-corrected chi connectivity index (χ1v) is 8.15. The van der Waals surface area contributed by atoms with Gasteiger partial charge in [0, 0.05) is 11.4 Å². The van der Waals surface area contributed by atoms with Crippen LogP contribution in [0.4, 0.5) is 5.82 Å². The van der Waals surface area contributed by atoms with Crippen molar-refractivity contribution in [3.05, 3.63) is 16.8 Å². The number of hydrogen-bond acceptors (Lipinski definition) is 5. The molecule has 5 heteroatoms. The lowest BCUT2D eigenvalue weighted by atomic mass is 10.2. The van der Waals surface area contributed by atoms with Crippen molar-refractivity contribution in [2.45, 2.75) is 34.1 Å². The maximum Gasteiger partial charge on any atom is 0.138 e. The molecule has 0 aliphatic carbocycles. The topological polar surface area (TPSA) is 41.0 Å². The van der Waals surface area contributed by atoms with E-state index in [0.29, 0.717) is 0 Å². The van der Waals surface area contributed by atoms with Crippen LogP contribution >= 0.6 is 11.3 Å². The molecule has 0 saturated carbocycles. The van der Waals surface area contributed by atoms with Crippen molar-refractivity contribution in [1.29, 1.82) is 0 Å². The number of aromatic nitrogens is 2. The molecule has 2 rings (SSSR count). The fraction of sp³-hybridized carbons (Fsp3) is 0.600. The number of rotatable bonds is 7. The van der Waals surface area contributed by atoms with Gasteiger partial charge in [-0.05, 0) is 45.5 Å². The lowest BCUT2D eigenvalue weighted by molar-refractivity contribution is 0.303. The van der Waals surface area contributed by atoms with Crippen LogP contribution in [0.1, 0.15) is 30.7 Å². The number of nitrogens with one attached hydrogen (secondary N) is 1. The van der Waals surface area contributed by atoms with Crippen molar-refractivity contribution in [3.63, 3.8) is 0 Å². The Labute approximate surface area is 125 Å². The highest BCUT2D eigenvalue weighted by molar-refractivity contribution is 7.18. The number of aryl methyl sites for hydroxylation is 2. The highest BCUT2D eigenvalue weighted by Gasteiger charge is 2.11. The number of anilines is 1. The molecule has 2 aromatic heterocycles. The first-order valence-electron chi connectivity index (χ1n) is 7.34. The molecule has 0 bridgehead atoms. The van der Waals surface area contributed by atoms with E-state index >= 15 is 0 Å². The van der Waals surface area contributed by atoms with Crippen LogP contribution < -0.4 is 5.32 Å². The second-order valence-corrected chi connectivity index (χ2v) is 6.20. The van der Waals surface area contributed by atoms with Gasteiger partial charge in [-0.25, -0.2) is 9.97 Å². The molecule has 0 spiro atoms. The van der Waals surface area contributed by atoms with Crippen LogP contribution in [0, 0.1) is 13.8 Å². The van der Waals surface area contributed by atoms with E-state index in [0.717, 1.165) is 43.2 Å². The smallest absolute Gasteiger partial charge is 0.138 e. The van der Waals surface area contributed by atoms with Crippen molar-refractivity contribution < 1.29 is 0 Å². The van der Waals surface area contributed by atoms with Gasteiger partial charge in [0.25, 0.3) is 0 Å². The van der Waals surface area contributed by atoms with Crippen LogP contribution in [0.5, 0.6) is 0 Å². The zero-order valence-corrected chi connectivity index (χ0v) is 13.7. The van der Waals surface area contributed by atoms with E-state index in [9.17, 15) is 0 Å². The van der Waals surface area contributed by atoms with Gasteiger partial charge in [0.1, 0.15) is 17.0 Å². The number of fused-ring (bicyclic) bond motifs is 1. The van der Waals surface area contributed by atoms with E-state index < -0.39 is 0 Å². The summed E-state index contributed by atoms with van der Waals surface area (Å²) in [6, 6.07) is 0. The number of nitrogens with zero attached hydrogens (tertiary/aromatic N) is 3. The normalized spacial score (nSPS) is 11.4. The first kappa shape index (κ1) is 15.2. The predicted octanol–water partition coefficient (Wildman–Crippen LogP) is 3.45. The van der Waals surface area contributed by atoms with Gasteiger partial charge in [-0.3, -0.25) is 0 Å². The van der Waals surface area contributed by atoms with Crippen molar-refractivity contribution in [1.82, 2.24) is 14.9 Å². The highest BCUT2D eigenvalue weighted by Crippen LogP contribution is 2.32. The monoisotopic (exact) mass is 292 g/mol. The molecule has 0 aliphatic heterocycles. The summed E-state index contributed by atoms with van der Waals surface area (Å²) in [5.41, 5.74) is 1.30. The van der Waals surface area contributed by atoms with Gasteiger partial charge in [-0.15, -0.1) is 11.3 Å². The minimum Gasteiger partial charge on any atom is -0.369 e. The van der Waals surface area contributed by atoms with Gasteiger partial charge in [0.15, 0.2) is 0 Å². The average molecular weight is 292 g/mol. The van der Waals surface area contributed by atoms with Gasteiger partial charge in [-0.2, -0.15) is 0 Å². The van der Waals surface area contributed by atoms with Gasteiger partial charge >= 0.3 is 0 Å². The fourth-order valence-corrected chi connectivity index (χ4v) is 3.36. The summed E-state index contributed by atoms with van der Waals surface area (Å²) < 4.78 is 0. The van der Waals surface area contributed by atoms with Gasteiger partial charge < -0.3 is 10.2 Å². The molecular formula is C15H24N4S. The molecule has 2 heterocycles. The van der Waals surface area contributed by atoms with Crippen LogP contribution in [0.15, 0.2) is 6.33 Å². The Bertz CT molecular complexity index is 560. The molecule has 0 atom stereocenters. The van der Waals surface area contributed by atoms with Crippen molar-refractivity contribution in [2.24, 2.45) is 0 Å². The molecular weight excluding hydrogens is 268 g/mol. The lowest BCUT2D eigenvalue weighted by Crippen LogP contribution is -2.25. The largest absolute Gasteiger partial charge is 0.369 e. The van der Waals surface area contributed by atoms with Crippen molar-refractivity contribution in [3.8, 4) is 0 Å². The standard InChI is InChI=1S/C15H24N4S/c1-5-19(6-2)9-7-8-16-14-13-11(3)12(4)20-15(13)18-10-17-14/h10H,5-9H2,1-4H3,(H,16,17,18). The molecule has 20 heavy (non-hydrogen) atoms. The van der Waals surface area contributed by atoms with Gasteiger partial charge in [0.05, 0.1) is 5.39 Å². The van der Waals surface area contributed by atoms with E-state index in [4.69, 9.17) is 0 Å². The number of hydrogen-bond donors (Lipinski definition) is 1. The van der Waals surface area contributed by atoms with E-state index in [1.165, 1.54) is 15.8 Å². The fourth-order valence-electron chi connectivity index (χ4n) is 2.37. The highest BCUT2D eigenvalue weighted by atomic mass is 32.1. The van der Waals surface area contributed by atoms with E-state index in [1.807, 2.05) is 0 Å². The third-order valence-electron chi connectivity index (χ3n) is 3.80. The quantitative estimate of drug-likeness (QED) is 0.794. The van der Waals surface area contributed by atoms with Crippen molar-refractivity contribution >= 4 is 27.4 Å². The molecule has 0 amide bonds. The van der Waals surface area contributed by atoms with E-state index in [1.54, 1.807) is 17.7 Å². The average Bonchev–Trinajstić information content (AvgIpc) is 2.75. The molecule has 0 unspecified atom stereocenters. The lowest BCUT2D eigenvalue weighted by Gasteiger charge is -2.17. The Morgan fingerprint density at radius 2 is 1.95 bits per heavy atom. The molecule has 0 fully saturated rings. The van der Waals surface area contributed by atoms with Crippen LogP contribution in [0.3, 0.4) is 0 Å². The molecule has 0 radical (unpaired) electrons. The molecule has 0 saturated heterocycles. The third-order valence-corrected chi connectivity index (χ3v) is 4.92. The Hall–Kier alpha value is -1.20. The summed E-state index contributed by atoms with van der Waals surface area (Å²) in [6.45, 7) is 13.1. The molecule has 110 valence electrons. The molecule has 2 aromatic rings. The first-order chi connectivity index (χ1) is 9.67. The zero-order chi connectivity index (χ0) is 14.5. The van der Waals surface area contributed by atoms with Crippen LogP contribution in [0.25, 0.3) is 10.2 Å². The summed E-state index contributed by atoms with van der Waals surface area (Å²) in [7, 11) is 0. The maximum absolute atomic E-state index is 4.41. The molecule has 0 aliphatic rings. The molecule has 0 aromatic carbocycles. The van der Waals surface area contributed by atoms with Crippen LogP contribution in [0.2, 0.25) is 0 Å². The number of thiophene rings is 1. The minimum absolute atomic E-state index is 0.955. The van der Waals surface area contributed by atoms with Crippen LogP contribution in [-0.2, 0) is 0 Å². The predicted molar refractivity (Wildman–Crippen MR) is 87.8 cm³/mol. The Balaban J connectivity index is 2.00. The van der Waals surface area contributed by atoms with Gasteiger partial charge in [-0.1, -0.05) is 13.8 Å². The van der Waals surface area contributed by atoms with Gasteiger partial charge in [0.2, 0.25) is 0 Å². The maximum atomic E-state index is 4.41. The summed E-state index contributed by atoms with van der Waals surface area (Å²) >= 11 is 1.74. The summed E-state index contributed by atoms with van der Waals surface area (Å²) in [4.78, 5) is 13.6. The minimum atomic E-state index is 0.955. The second-order valence-electron chi connectivity index (χ2n) is 4.99. The SMILES string of the molecule is CCN(CC)CCCNc1ncnc2sc(C)c(C)c12. The van der Waals surface area contributed by atoms with Crippen molar-refractivity contribution in [2.75, 3.05) is 31.5 Å². The molecule has 4 nitrogen and oxygen atoms in total. The van der Waals surface area contributed by atoms with E-state index in [-0.39, 0.29) is 0 Å². The zero-order valence-electron chi connectivity index (χ0n) is 12.9. The Morgan fingerprint density at radius 1 is 1.20 bits per heavy atom. The molecule has 1 N–H and O–H groups in total. The Kier molecular flexibility index (Phi) is 5.31. The van der Waals surface area contributed by atoms with E-state index in [2.05, 4.69) is 47.9 Å². The summed E-state index contributed by atoms with van der Waals surface area (Å²) in [5, 5.41) is 4.67. The summed E-state index contributed by atoms with van der Waals surface area (Å²) in [5.74, 6) is 0.983. The second kappa shape index (κ2) is 6.99.